The summed E-state index contributed by atoms with van der Waals surface area (Å²) in [6, 6.07) is 0. The summed E-state index contributed by atoms with van der Waals surface area (Å²) in [5, 5.41) is 3.79. The number of hydrogen-bond acceptors (Lipinski definition) is 7. The monoisotopic (exact) mass is 312 g/mol. The first kappa shape index (κ1) is 15.6. The Bertz CT molecular complexity index is 564. The highest BCUT2D eigenvalue weighted by Crippen LogP contribution is 2.46. The van der Waals surface area contributed by atoms with Gasteiger partial charge in [-0.3, -0.25) is 0 Å². The van der Waals surface area contributed by atoms with Crippen LogP contribution in [0.25, 0.3) is 0 Å². The maximum atomic E-state index is 12.1. The van der Waals surface area contributed by atoms with Crippen molar-refractivity contribution in [1.29, 1.82) is 0 Å². The summed E-state index contributed by atoms with van der Waals surface area (Å²) >= 11 is 1.13. The third-order valence-electron chi connectivity index (χ3n) is 3.57. The lowest BCUT2D eigenvalue weighted by Gasteiger charge is -2.11. The molecule has 1 aromatic rings. The molecule has 1 heterocycles. The molecule has 0 aromatic carbocycles. The minimum atomic E-state index is -0.547. The molecular formula is C14H20N2O4S. The predicted octanol–water partition coefficient (Wildman–Crippen LogP) is 2.51. The number of ether oxygens (including phenoxy) is 2. The molecular weight excluding hydrogens is 292 g/mol. The van der Waals surface area contributed by atoms with E-state index < -0.39 is 11.9 Å². The first-order chi connectivity index (χ1) is 9.91. The van der Waals surface area contributed by atoms with Crippen LogP contribution in [-0.2, 0) is 9.47 Å². The molecule has 0 saturated heterocycles. The highest BCUT2D eigenvalue weighted by molar-refractivity contribution is 7.19. The Morgan fingerprint density at radius 3 is 2.57 bits per heavy atom. The number of carbonyl (C=O) groups excluding carboxylic acids is 2. The average molecular weight is 312 g/mol. The SMILES string of the molecule is CCOC(=O)c1c(NCC2(C)CC2)sc(C(=O)OC)c1N. The molecule has 0 unspecified atom stereocenters. The van der Waals surface area contributed by atoms with Gasteiger partial charge in [0.25, 0.3) is 0 Å². The minimum absolute atomic E-state index is 0.119. The second-order valence-corrected chi connectivity index (χ2v) is 6.45. The first-order valence-electron chi connectivity index (χ1n) is 6.83. The summed E-state index contributed by atoms with van der Waals surface area (Å²) in [4.78, 5) is 24.0. The molecule has 1 saturated carbocycles. The van der Waals surface area contributed by atoms with Gasteiger partial charge in [0.15, 0.2) is 0 Å². The van der Waals surface area contributed by atoms with Crippen molar-refractivity contribution in [2.24, 2.45) is 5.41 Å². The summed E-state index contributed by atoms with van der Waals surface area (Å²) < 4.78 is 9.71. The predicted molar refractivity (Wildman–Crippen MR) is 81.9 cm³/mol. The van der Waals surface area contributed by atoms with E-state index in [1.165, 1.54) is 7.11 Å². The number of methoxy groups -OCH3 is 1. The molecule has 1 aliphatic carbocycles. The zero-order valence-corrected chi connectivity index (χ0v) is 13.3. The number of nitrogen functional groups attached to an aromatic ring is 1. The van der Waals surface area contributed by atoms with Crippen molar-refractivity contribution in [3.05, 3.63) is 10.4 Å². The molecule has 0 atom stereocenters. The lowest BCUT2D eigenvalue weighted by molar-refractivity contribution is 0.0529. The molecule has 0 spiro atoms. The van der Waals surface area contributed by atoms with Crippen LogP contribution in [0.5, 0.6) is 0 Å². The fraction of sp³-hybridized carbons (Fsp3) is 0.571. The molecule has 0 bridgehead atoms. The van der Waals surface area contributed by atoms with E-state index >= 15 is 0 Å². The van der Waals surface area contributed by atoms with E-state index in [0.29, 0.717) is 5.00 Å². The Balaban J connectivity index is 2.30. The van der Waals surface area contributed by atoms with Gasteiger partial charge in [0.05, 0.1) is 19.4 Å². The zero-order valence-electron chi connectivity index (χ0n) is 12.4. The summed E-state index contributed by atoms with van der Waals surface area (Å²) in [5.41, 5.74) is 6.54. The van der Waals surface area contributed by atoms with Gasteiger partial charge in [0.2, 0.25) is 0 Å². The Hall–Kier alpha value is -1.76. The maximum absolute atomic E-state index is 12.1. The summed E-state index contributed by atoms with van der Waals surface area (Å²) in [7, 11) is 1.28. The minimum Gasteiger partial charge on any atom is -0.465 e. The van der Waals surface area contributed by atoms with Crippen LogP contribution in [0.2, 0.25) is 0 Å². The van der Waals surface area contributed by atoms with E-state index in [0.717, 1.165) is 30.7 Å². The molecule has 1 aliphatic rings. The van der Waals surface area contributed by atoms with Crippen molar-refractivity contribution in [2.45, 2.75) is 26.7 Å². The highest BCUT2D eigenvalue weighted by Gasteiger charge is 2.37. The molecule has 7 heteroatoms. The normalized spacial score (nSPS) is 15.4. The van der Waals surface area contributed by atoms with Crippen LogP contribution >= 0.6 is 11.3 Å². The lowest BCUT2D eigenvalue weighted by atomic mass is 10.1. The molecule has 6 nitrogen and oxygen atoms in total. The van der Waals surface area contributed by atoms with Crippen LogP contribution < -0.4 is 11.1 Å². The number of nitrogens with two attached hydrogens (primary N) is 1. The largest absolute Gasteiger partial charge is 0.465 e. The maximum Gasteiger partial charge on any atom is 0.350 e. The van der Waals surface area contributed by atoms with Crippen LogP contribution in [-0.4, -0.2) is 32.2 Å². The third kappa shape index (κ3) is 3.29. The van der Waals surface area contributed by atoms with E-state index in [2.05, 4.69) is 12.2 Å². The summed E-state index contributed by atoms with van der Waals surface area (Å²) in [6.07, 6.45) is 2.30. The van der Waals surface area contributed by atoms with Gasteiger partial charge >= 0.3 is 11.9 Å². The first-order valence-corrected chi connectivity index (χ1v) is 7.65. The number of carbonyl (C=O) groups is 2. The fourth-order valence-electron chi connectivity index (χ4n) is 1.90. The lowest BCUT2D eigenvalue weighted by Crippen LogP contribution is -2.14. The number of anilines is 2. The number of nitrogens with one attached hydrogen (secondary N) is 1. The van der Waals surface area contributed by atoms with Gasteiger partial charge in [-0.15, -0.1) is 11.3 Å². The second-order valence-electron chi connectivity index (χ2n) is 5.43. The molecule has 0 aliphatic heterocycles. The van der Waals surface area contributed by atoms with Gasteiger partial charge in [-0.2, -0.15) is 0 Å². The Kier molecular flexibility index (Phi) is 4.41. The number of hydrogen-bond donors (Lipinski definition) is 2. The van der Waals surface area contributed by atoms with Gasteiger partial charge in [-0.05, 0) is 25.2 Å². The van der Waals surface area contributed by atoms with E-state index in [-0.39, 0.29) is 28.1 Å². The second kappa shape index (κ2) is 5.93. The average Bonchev–Trinajstić information content (AvgIpc) is 3.09. The smallest absolute Gasteiger partial charge is 0.350 e. The van der Waals surface area contributed by atoms with E-state index in [1.54, 1.807) is 6.92 Å². The van der Waals surface area contributed by atoms with Gasteiger partial charge < -0.3 is 20.5 Å². The molecule has 0 radical (unpaired) electrons. The van der Waals surface area contributed by atoms with Crippen molar-refractivity contribution in [3.8, 4) is 0 Å². The summed E-state index contributed by atoms with van der Waals surface area (Å²) in [5.74, 6) is -1.07. The van der Waals surface area contributed by atoms with Crippen molar-refractivity contribution in [2.75, 3.05) is 31.3 Å². The van der Waals surface area contributed by atoms with E-state index in [1.807, 2.05) is 0 Å². The molecule has 116 valence electrons. The van der Waals surface area contributed by atoms with Crippen molar-refractivity contribution < 1.29 is 19.1 Å². The number of esters is 2. The molecule has 1 fully saturated rings. The van der Waals surface area contributed by atoms with Gasteiger partial charge in [-0.25, -0.2) is 9.59 Å². The van der Waals surface area contributed by atoms with Crippen molar-refractivity contribution in [1.82, 2.24) is 0 Å². The van der Waals surface area contributed by atoms with Crippen LogP contribution in [0.3, 0.4) is 0 Å². The molecule has 0 amide bonds. The summed E-state index contributed by atoms with van der Waals surface area (Å²) in [6.45, 7) is 4.88. The van der Waals surface area contributed by atoms with Crippen molar-refractivity contribution >= 4 is 34.0 Å². The van der Waals surface area contributed by atoms with Crippen LogP contribution in [0, 0.1) is 5.41 Å². The quantitative estimate of drug-likeness (QED) is 0.784. The number of thiophene rings is 1. The van der Waals surface area contributed by atoms with E-state index in [4.69, 9.17) is 15.2 Å². The molecule has 1 aromatic heterocycles. The van der Waals surface area contributed by atoms with E-state index in [9.17, 15) is 9.59 Å². The Labute approximate surface area is 127 Å². The van der Waals surface area contributed by atoms with Gasteiger partial charge in [-0.1, -0.05) is 6.92 Å². The Morgan fingerprint density at radius 2 is 2.05 bits per heavy atom. The van der Waals surface area contributed by atoms with Gasteiger partial charge in [0, 0.05) is 6.54 Å². The van der Waals surface area contributed by atoms with Crippen molar-refractivity contribution in [3.63, 3.8) is 0 Å². The van der Waals surface area contributed by atoms with Crippen LogP contribution in [0.1, 0.15) is 46.7 Å². The topological polar surface area (TPSA) is 90.6 Å². The third-order valence-corrected chi connectivity index (χ3v) is 4.72. The molecule has 2 rings (SSSR count). The zero-order chi connectivity index (χ0) is 15.6. The fourth-order valence-corrected chi connectivity index (χ4v) is 2.92. The highest BCUT2D eigenvalue weighted by atomic mass is 32.1. The van der Waals surface area contributed by atoms with Crippen LogP contribution in [0.4, 0.5) is 10.7 Å². The van der Waals surface area contributed by atoms with Gasteiger partial charge in [0.1, 0.15) is 15.4 Å². The standard InChI is InChI=1S/C14H20N2O4S/c1-4-20-12(17)8-9(15)10(13(18)19-3)21-11(8)16-7-14(2)5-6-14/h16H,4-7,15H2,1-3H3. The van der Waals surface area contributed by atoms with Crippen LogP contribution in [0.15, 0.2) is 0 Å². The Morgan fingerprint density at radius 1 is 1.38 bits per heavy atom. The number of rotatable bonds is 6. The molecule has 21 heavy (non-hydrogen) atoms. The molecule has 3 N–H and O–H groups in total.